The Balaban J connectivity index is 1.53. The van der Waals surface area contributed by atoms with Gasteiger partial charge in [0.25, 0.3) is 5.91 Å². The maximum Gasteiger partial charge on any atom is 0.282 e. The summed E-state index contributed by atoms with van der Waals surface area (Å²) >= 11 is 0. The minimum atomic E-state index is -0.458. The van der Waals surface area contributed by atoms with E-state index in [-0.39, 0.29) is 17.8 Å². The summed E-state index contributed by atoms with van der Waals surface area (Å²) in [6, 6.07) is 17.1. The van der Waals surface area contributed by atoms with Gasteiger partial charge in [-0.2, -0.15) is 0 Å². The van der Waals surface area contributed by atoms with Crippen molar-refractivity contribution < 1.29 is 9.90 Å². The highest BCUT2D eigenvalue weighted by atomic mass is 16.3. The van der Waals surface area contributed by atoms with Gasteiger partial charge in [0.2, 0.25) is 5.88 Å². The average Bonchev–Trinajstić information content (AvgIpc) is 3.30. The molecule has 1 aromatic heterocycles. The van der Waals surface area contributed by atoms with Crippen LogP contribution in [0.4, 0.5) is 5.69 Å². The minimum absolute atomic E-state index is 0.0231. The predicted molar refractivity (Wildman–Crippen MR) is 103 cm³/mol. The fourth-order valence-corrected chi connectivity index (χ4v) is 3.48. The number of nitrogens with one attached hydrogen (secondary N) is 2. The molecular weight excluding hydrogens is 342 g/mol. The summed E-state index contributed by atoms with van der Waals surface area (Å²) in [5, 5.41) is 19.2. The molecule has 1 amide bonds. The zero-order valence-electron chi connectivity index (χ0n) is 15.0. The molecule has 1 aliphatic heterocycles. The van der Waals surface area contributed by atoms with Crippen LogP contribution in [-0.4, -0.2) is 21.6 Å². The Morgan fingerprint density at radius 1 is 1.15 bits per heavy atom. The monoisotopic (exact) mass is 363 g/mol. The number of hydrogen-bond acceptors (Lipinski definition) is 5. The van der Waals surface area contributed by atoms with Gasteiger partial charge in [-0.1, -0.05) is 48.5 Å². The van der Waals surface area contributed by atoms with E-state index >= 15 is 0 Å². The van der Waals surface area contributed by atoms with Crippen LogP contribution in [0.3, 0.4) is 0 Å². The van der Waals surface area contributed by atoms with Gasteiger partial charge in [0.05, 0.1) is 5.52 Å². The van der Waals surface area contributed by atoms with Crippen LogP contribution in [0.2, 0.25) is 0 Å². The molecule has 2 unspecified atom stereocenters. The number of azo groups is 1. The van der Waals surface area contributed by atoms with E-state index in [2.05, 4.69) is 21.1 Å². The van der Waals surface area contributed by atoms with Crippen LogP contribution in [-0.2, 0) is 11.3 Å². The Morgan fingerprint density at radius 3 is 2.67 bits per heavy atom. The molecule has 3 aromatic rings. The van der Waals surface area contributed by atoms with Crippen LogP contribution in [0.25, 0.3) is 10.9 Å². The van der Waals surface area contributed by atoms with E-state index in [0.717, 1.165) is 16.5 Å². The van der Waals surface area contributed by atoms with Crippen molar-refractivity contribution >= 4 is 22.5 Å². The molecule has 138 valence electrons. The molecule has 0 aliphatic carbocycles. The van der Waals surface area contributed by atoms with Gasteiger partial charge in [0.15, 0.2) is 5.69 Å². The molecule has 1 aliphatic rings. The molecule has 4 rings (SSSR count). The first-order chi connectivity index (χ1) is 13.2. The summed E-state index contributed by atoms with van der Waals surface area (Å²) < 4.78 is 1.75. The van der Waals surface area contributed by atoms with Gasteiger partial charge in [0.1, 0.15) is 6.04 Å². The lowest BCUT2D eigenvalue weighted by molar-refractivity contribution is -0.120. The number of hydrogen-bond donors (Lipinski definition) is 3. The number of nitrogens with zero attached hydrogens (tertiary/aromatic N) is 3. The number of benzene rings is 2. The smallest absolute Gasteiger partial charge is 0.282 e. The molecule has 7 heteroatoms. The number of para-hydroxylation sites is 1. The number of carbonyl (C=O) groups excluding carboxylic acids is 1. The number of hydrazine groups is 1. The van der Waals surface area contributed by atoms with Gasteiger partial charge in [-0.15, -0.1) is 10.2 Å². The van der Waals surface area contributed by atoms with Crippen LogP contribution in [0.5, 0.6) is 5.88 Å². The van der Waals surface area contributed by atoms with Gasteiger partial charge < -0.3 is 9.67 Å². The van der Waals surface area contributed by atoms with Crippen LogP contribution < -0.4 is 10.9 Å². The zero-order chi connectivity index (χ0) is 18.8. The molecule has 0 saturated carbocycles. The van der Waals surface area contributed by atoms with E-state index < -0.39 is 6.04 Å². The molecule has 3 N–H and O–H groups in total. The first-order valence-electron chi connectivity index (χ1n) is 9.00. The Hall–Kier alpha value is -3.03. The first kappa shape index (κ1) is 17.4. The van der Waals surface area contributed by atoms with Gasteiger partial charge in [-0.05, 0) is 25.0 Å². The lowest BCUT2D eigenvalue weighted by atomic mass is 10.0. The fourth-order valence-electron chi connectivity index (χ4n) is 3.48. The molecule has 2 aromatic carbocycles. The molecule has 0 bridgehead atoms. The van der Waals surface area contributed by atoms with Crippen LogP contribution >= 0.6 is 0 Å². The molecular formula is C20H21N5O2. The lowest BCUT2D eigenvalue weighted by Gasteiger charge is -2.08. The summed E-state index contributed by atoms with van der Waals surface area (Å²) in [4.78, 5) is 12.5. The Labute approximate surface area is 156 Å². The summed E-state index contributed by atoms with van der Waals surface area (Å²) in [5.74, 6) is -0.344. The molecule has 7 nitrogen and oxygen atoms in total. The van der Waals surface area contributed by atoms with Crippen molar-refractivity contribution in [3.63, 3.8) is 0 Å². The molecule has 27 heavy (non-hydrogen) atoms. The molecule has 2 atom stereocenters. The van der Waals surface area contributed by atoms with Crippen molar-refractivity contribution in [2.45, 2.75) is 32.0 Å². The number of aromatic hydroxyl groups is 1. The predicted octanol–water partition coefficient (Wildman–Crippen LogP) is 3.58. The normalized spacial score (nSPS) is 19.9. The second-order valence-corrected chi connectivity index (χ2v) is 6.51. The number of aromatic nitrogens is 1. The van der Waals surface area contributed by atoms with Gasteiger partial charge in [0, 0.05) is 18.0 Å². The summed E-state index contributed by atoms with van der Waals surface area (Å²) in [5.41, 5.74) is 8.42. The van der Waals surface area contributed by atoms with Crippen molar-refractivity contribution in [1.82, 2.24) is 15.4 Å². The van der Waals surface area contributed by atoms with E-state index in [1.54, 1.807) is 4.57 Å². The highest BCUT2D eigenvalue weighted by Gasteiger charge is 2.30. The highest BCUT2D eigenvalue weighted by Crippen LogP contribution is 2.38. The summed E-state index contributed by atoms with van der Waals surface area (Å²) in [6.07, 6.45) is 0.588. The van der Waals surface area contributed by atoms with E-state index in [4.69, 9.17) is 0 Å². The van der Waals surface area contributed by atoms with E-state index in [1.165, 1.54) is 0 Å². The fraction of sp³-hybridized carbons (Fsp3) is 0.250. The number of amides is 1. The highest BCUT2D eigenvalue weighted by molar-refractivity contribution is 5.95. The quantitative estimate of drug-likeness (QED) is 0.618. The third-order valence-electron chi connectivity index (χ3n) is 4.89. The number of carbonyl (C=O) groups is 1. The molecule has 2 heterocycles. The largest absolute Gasteiger partial charge is 0.493 e. The van der Waals surface area contributed by atoms with Gasteiger partial charge >= 0.3 is 0 Å². The zero-order valence-corrected chi connectivity index (χ0v) is 15.0. The third kappa shape index (κ3) is 3.22. The summed E-state index contributed by atoms with van der Waals surface area (Å²) in [6.45, 7) is 2.54. The Kier molecular flexibility index (Phi) is 4.70. The third-order valence-corrected chi connectivity index (χ3v) is 4.89. The lowest BCUT2D eigenvalue weighted by Crippen LogP contribution is -2.35. The number of fused-ring (bicyclic) bond motifs is 1. The van der Waals surface area contributed by atoms with Crippen molar-refractivity contribution in [1.29, 1.82) is 0 Å². The van der Waals surface area contributed by atoms with Crippen molar-refractivity contribution in [2.24, 2.45) is 10.2 Å². The van der Waals surface area contributed by atoms with Crippen LogP contribution in [0.15, 0.2) is 64.8 Å². The van der Waals surface area contributed by atoms with Crippen molar-refractivity contribution in [3.8, 4) is 5.88 Å². The van der Waals surface area contributed by atoms with Crippen molar-refractivity contribution in [2.75, 3.05) is 0 Å². The standard InChI is InChI=1S/C20H21N5O2/c1-2-25-17-11-7-6-10-14(17)18(20(25)27)23-24-19(26)16-12-15(21-22-16)13-8-4-3-5-9-13/h3-11,15-16,21-22,27H,2,12H2,1H3. The van der Waals surface area contributed by atoms with E-state index in [0.29, 0.717) is 18.7 Å². The number of rotatable bonds is 4. The molecule has 0 spiro atoms. The molecule has 1 fully saturated rings. The maximum atomic E-state index is 12.5. The Bertz CT molecular complexity index is 996. The van der Waals surface area contributed by atoms with Gasteiger partial charge in [-0.3, -0.25) is 4.79 Å². The SMILES string of the molecule is CCn1c(O)c(N=NC(=O)C2CC(c3ccccc3)NN2)c2ccccc21. The Morgan fingerprint density at radius 2 is 1.89 bits per heavy atom. The first-order valence-corrected chi connectivity index (χ1v) is 9.00. The van der Waals surface area contributed by atoms with E-state index in [1.807, 2.05) is 61.5 Å². The topological polar surface area (TPSA) is 91.0 Å². The van der Waals surface area contributed by atoms with E-state index in [9.17, 15) is 9.90 Å². The maximum absolute atomic E-state index is 12.5. The van der Waals surface area contributed by atoms with Crippen LogP contribution in [0, 0.1) is 0 Å². The molecule has 0 radical (unpaired) electrons. The second-order valence-electron chi connectivity index (χ2n) is 6.51. The summed E-state index contributed by atoms with van der Waals surface area (Å²) in [7, 11) is 0. The molecule has 1 saturated heterocycles. The second kappa shape index (κ2) is 7.30. The average molecular weight is 363 g/mol. The van der Waals surface area contributed by atoms with Crippen LogP contribution in [0.1, 0.15) is 24.9 Å². The minimum Gasteiger partial charge on any atom is -0.493 e. The number of aryl methyl sites for hydroxylation is 1. The van der Waals surface area contributed by atoms with Crippen molar-refractivity contribution in [3.05, 3.63) is 60.2 Å². The van der Waals surface area contributed by atoms with Gasteiger partial charge in [-0.25, -0.2) is 10.9 Å².